The number of nitrogens with zero attached hydrogens (tertiary/aromatic N) is 3. The number of nitrogens with one attached hydrogen (secondary N) is 2. The molecule has 1 amide bonds. The van der Waals surface area contributed by atoms with Gasteiger partial charge in [0, 0.05) is 52.5 Å². The molecule has 2 aromatic rings. The van der Waals surface area contributed by atoms with Gasteiger partial charge < -0.3 is 15.5 Å². The Kier molecular flexibility index (Phi) is 10.7. The molecule has 1 aromatic carbocycles. The summed E-state index contributed by atoms with van der Waals surface area (Å²) in [5.41, 5.74) is 1.20. The van der Waals surface area contributed by atoms with Crippen molar-refractivity contribution in [3.05, 3.63) is 54.7 Å². The van der Waals surface area contributed by atoms with E-state index in [2.05, 4.69) is 32.7 Å². The summed E-state index contributed by atoms with van der Waals surface area (Å²) in [6.07, 6.45) is 8.83. The maximum Gasteiger partial charge on any atom is 0.227 e. The number of hydrogen-bond acceptors (Lipinski definition) is 5. The van der Waals surface area contributed by atoms with E-state index < -0.39 is 0 Å². The molecule has 1 aromatic heterocycles. The van der Waals surface area contributed by atoms with E-state index in [0.29, 0.717) is 17.7 Å². The fourth-order valence-electron chi connectivity index (χ4n) is 3.95. The maximum absolute atomic E-state index is 12.6. The van der Waals surface area contributed by atoms with Gasteiger partial charge in [-0.3, -0.25) is 4.79 Å². The van der Waals surface area contributed by atoms with Gasteiger partial charge in [-0.25, -0.2) is 11.5 Å². The number of aromatic nitrogens is 2. The van der Waals surface area contributed by atoms with Crippen LogP contribution in [0.2, 0.25) is 0 Å². The van der Waals surface area contributed by atoms with E-state index in [-0.39, 0.29) is 44.7 Å². The van der Waals surface area contributed by atoms with E-state index in [0.717, 1.165) is 13.0 Å². The molecule has 1 aliphatic rings. The van der Waals surface area contributed by atoms with Gasteiger partial charge in [-0.15, -0.1) is 0 Å². The van der Waals surface area contributed by atoms with Crippen molar-refractivity contribution < 1.29 is 37.5 Å². The van der Waals surface area contributed by atoms with E-state index in [1.807, 2.05) is 43.1 Å². The summed E-state index contributed by atoms with van der Waals surface area (Å²) < 4.78 is 0. The zero-order valence-corrected chi connectivity index (χ0v) is 20.9. The van der Waals surface area contributed by atoms with Crippen LogP contribution >= 0.6 is 0 Å². The van der Waals surface area contributed by atoms with Crippen LogP contribution in [0.5, 0.6) is 0 Å². The largest absolute Gasteiger partial charge is 0.504 e. The molecule has 0 spiro atoms. The average molecular weight is 483 g/mol. The molecule has 3 rings (SSSR count). The first-order valence-electron chi connectivity index (χ1n) is 10.6. The van der Waals surface area contributed by atoms with Gasteiger partial charge in [0.1, 0.15) is 11.9 Å². The Hall–Kier alpha value is -1.53. The SMILES string of the molecule is C[CH-]NC(=O)[C@H](CC1CCCCC1)Nc1ccnc(N(C)Cc2ccccc2)n1.[Y]. The Morgan fingerprint density at radius 1 is 1.20 bits per heavy atom. The number of amides is 1. The maximum atomic E-state index is 12.6. The molecular weight excluding hydrogens is 451 g/mol. The Morgan fingerprint density at radius 2 is 1.93 bits per heavy atom. The van der Waals surface area contributed by atoms with Crippen LogP contribution in [-0.2, 0) is 44.0 Å². The average Bonchev–Trinajstić information content (AvgIpc) is 2.75. The molecule has 0 bridgehead atoms. The van der Waals surface area contributed by atoms with Gasteiger partial charge in [0.05, 0.1) is 0 Å². The van der Waals surface area contributed by atoms with Crippen molar-refractivity contribution in [2.75, 3.05) is 17.3 Å². The van der Waals surface area contributed by atoms with Crippen molar-refractivity contribution in [2.45, 2.75) is 58.0 Å². The number of anilines is 2. The van der Waals surface area contributed by atoms with Crippen molar-refractivity contribution in [1.82, 2.24) is 15.3 Å². The number of rotatable bonds is 9. The van der Waals surface area contributed by atoms with Crippen LogP contribution in [0.4, 0.5) is 11.8 Å². The standard InChI is InChI=1S/C23H32N5O.Y/c1-3-24-22(29)20(16-18-10-6-4-7-11-18)26-21-14-15-25-23(27-21)28(2)17-19-12-8-5-9-13-19;/h3,5,8-9,12-15,18,20H,4,6-7,10-11,16-17H2,1-2H3,(H,24,29)(H,25,26,27);/q-1;/t20-;/m0./s1. The van der Waals surface area contributed by atoms with E-state index in [1.54, 1.807) is 12.7 Å². The van der Waals surface area contributed by atoms with Gasteiger partial charge in [0.2, 0.25) is 11.9 Å². The van der Waals surface area contributed by atoms with E-state index in [9.17, 15) is 4.79 Å². The van der Waals surface area contributed by atoms with Gasteiger partial charge in [-0.1, -0.05) is 62.4 Å². The molecule has 159 valence electrons. The monoisotopic (exact) mass is 483 g/mol. The topological polar surface area (TPSA) is 70.2 Å². The summed E-state index contributed by atoms with van der Waals surface area (Å²) >= 11 is 0. The van der Waals surface area contributed by atoms with E-state index in [4.69, 9.17) is 0 Å². The molecule has 1 heterocycles. The zero-order chi connectivity index (χ0) is 20.5. The van der Waals surface area contributed by atoms with Crippen molar-refractivity contribution in [2.24, 2.45) is 5.92 Å². The first-order valence-corrected chi connectivity index (χ1v) is 10.6. The van der Waals surface area contributed by atoms with Crippen LogP contribution in [0.1, 0.15) is 51.0 Å². The Morgan fingerprint density at radius 3 is 2.63 bits per heavy atom. The molecule has 30 heavy (non-hydrogen) atoms. The Labute approximate surface area is 205 Å². The summed E-state index contributed by atoms with van der Waals surface area (Å²) in [4.78, 5) is 23.7. The normalized spacial score (nSPS) is 15.0. The molecule has 1 atom stereocenters. The Balaban J connectivity index is 0.00000320. The first-order chi connectivity index (χ1) is 14.2. The molecule has 1 saturated carbocycles. The van der Waals surface area contributed by atoms with Crippen molar-refractivity contribution in [3.63, 3.8) is 0 Å². The van der Waals surface area contributed by atoms with Gasteiger partial charge in [0.15, 0.2) is 0 Å². The predicted molar refractivity (Wildman–Crippen MR) is 117 cm³/mol. The summed E-state index contributed by atoms with van der Waals surface area (Å²) in [5, 5.41) is 6.21. The van der Waals surface area contributed by atoms with E-state index >= 15 is 0 Å². The van der Waals surface area contributed by atoms with E-state index in [1.165, 1.54) is 37.7 Å². The second kappa shape index (κ2) is 13.0. The van der Waals surface area contributed by atoms with Crippen molar-refractivity contribution in [1.29, 1.82) is 0 Å². The van der Waals surface area contributed by atoms with Gasteiger partial charge in [-0.2, -0.15) is 11.9 Å². The third kappa shape index (κ3) is 7.62. The third-order valence-corrected chi connectivity index (χ3v) is 5.47. The predicted octanol–water partition coefficient (Wildman–Crippen LogP) is 4.16. The quantitative estimate of drug-likeness (QED) is 0.525. The fraction of sp³-hybridized carbons (Fsp3) is 0.478. The van der Waals surface area contributed by atoms with Gasteiger partial charge in [0.25, 0.3) is 0 Å². The molecular formula is C23H32N5OY-. The molecule has 2 N–H and O–H groups in total. The summed E-state index contributed by atoms with van der Waals surface area (Å²) in [6.45, 7) is 4.24. The summed E-state index contributed by atoms with van der Waals surface area (Å²) in [6, 6.07) is 11.8. The smallest absolute Gasteiger partial charge is 0.227 e. The number of carbonyl (C=O) groups is 1. The molecule has 6 nitrogen and oxygen atoms in total. The van der Waals surface area contributed by atoms with Crippen molar-refractivity contribution in [3.8, 4) is 0 Å². The zero-order valence-electron chi connectivity index (χ0n) is 18.1. The second-order valence-electron chi connectivity index (χ2n) is 7.82. The number of hydrogen-bond donors (Lipinski definition) is 2. The molecule has 0 saturated heterocycles. The fourth-order valence-corrected chi connectivity index (χ4v) is 3.95. The van der Waals surface area contributed by atoms with Crippen LogP contribution in [0.3, 0.4) is 0 Å². The summed E-state index contributed by atoms with van der Waals surface area (Å²) in [7, 11) is 1.98. The van der Waals surface area contributed by atoms with Crippen molar-refractivity contribution >= 4 is 17.7 Å². The minimum Gasteiger partial charge on any atom is -0.504 e. The molecule has 0 aliphatic heterocycles. The van der Waals surface area contributed by atoms with Crippen LogP contribution in [0.25, 0.3) is 0 Å². The second-order valence-corrected chi connectivity index (χ2v) is 7.82. The first kappa shape index (κ1) is 24.7. The van der Waals surface area contributed by atoms with Crippen LogP contribution in [0.15, 0.2) is 42.6 Å². The Bertz CT molecular complexity index is 767. The van der Waals surface area contributed by atoms with Crippen LogP contribution in [0, 0.1) is 12.5 Å². The summed E-state index contributed by atoms with van der Waals surface area (Å²) in [5.74, 6) is 1.90. The number of benzene rings is 1. The minimum absolute atomic E-state index is 0. The van der Waals surface area contributed by atoms with Crippen LogP contribution < -0.4 is 15.5 Å². The minimum atomic E-state index is -0.295. The van der Waals surface area contributed by atoms with Crippen LogP contribution in [-0.4, -0.2) is 29.0 Å². The third-order valence-electron chi connectivity index (χ3n) is 5.47. The molecule has 1 aliphatic carbocycles. The van der Waals surface area contributed by atoms with Gasteiger partial charge >= 0.3 is 0 Å². The molecule has 7 heteroatoms. The molecule has 0 unspecified atom stereocenters. The van der Waals surface area contributed by atoms with Gasteiger partial charge in [-0.05, 0) is 24.0 Å². The number of carbonyl (C=O) groups excluding carboxylic acids is 1. The molecule has 1 fully saturated rings. The molecule has 1 radical (unpaired) electrons.